The fourth-order valence-electron chi connectivity index (χ4n) is 2.09. The Morgan fingerprint density at radius 1 is 1.24 bits per heavy atom. The molecule has 0 radical (unpaired) electrons. The minimum atomic E-state index is 0.299. The quantitative estimate of drug-likeness (QED) is 0.809. The Balaban J connectivity index is 1.85. The first kappa shape index (κ1) is 15.4. The van der Waals surface area contributed by atoms with Gasteiger partial charge in [-0.05, 0) is 45.3 Å². The van der Waals surface area contributed by atoms with E-state index >= 15 is 0 Å². The van der Waals surface area contributed by atoms with Crippen molar-refractivity contribution in [1.82, 2.24) is 4.90 Å². The van der Waals surface area contributed by atoms with Gasteiger partial charge in [-0.1, -0.05) is 6.07 Å². The molecule has 2 aromatic rings. The van der Waals surface area contributed by atoms with Crippen LogP contribution in [0.2, 0.25) is 0 Å². The summed E-state index contributed by atoms with van der Waals surface area (Å²) in [4.78, 5) is 2.10. The molecular formula is C17H24N2O2. The van der Waals surface area contributed by atoms with Gasteiger partial charge >= 0.3 is 0 Å². The first-order valence-corrected chi connectivity index (χ1v) is 7.30. The average Bonchev–Trinajstić information content (AvgIpc) is 2.91. The molecule has 21 heavy (non-hydrogen) atoms. The molecule has 0 fully saturated rings. The molecule has 0 bridgehead atoms. The van der Waals surface area contributed by atoms with Crippen LogP contribution in [-0.4, -0.2) is 38.2 Å². The first-order chi connectivity index (χ1) is 10.1. The van der Waals surface area contributed by atoms with Gasteiger partial charge < -0.3 is 19.4 Å². The zero-order valence-corrected chi connectivity index (χ0v) is 13.0. The molecule has 0 aliphatic carbocycles. The maximum Gasteiger partial charge on any atom is 0.121 e. The van der Waals surface area contributed by atoms with Crippen LogP contribution in [0.5, 0.6) is 5.75 Å². The third-order valence-electron chi connectivity index (χ3n) is 3.14. The molecular weight excluding hydrogens is 264 g/mol. The maximum absolute atomic E-state index is 5.74. The number of anilines is 1. The number of likely N-dealkylation sites (N-methyl/N-ethyl adjacent to an activating group) is 1. The van der Waals surface area contributed by atoms with E-state index in [-0.39, 0.29) is 0 Å². The van der Waals surface area contributed by atoms with Crippen molar-refractivity contribution in [1.29, 1.82) is 0 Å². The number of nitrogens with zero attached hydrogens (tertiary/aromatic N) is 1. The second kappa shape index (κ2) is 7.74. The second-order valence-electron chi connectivity index (χ2n) is 5.51. The van der Waals surface area contributed by atoms with Crippen molar-refractivity contribution < 1.29 is 9.15 Å². The minimum Gasteiger partial charge on any atom is -0.492 e. The van der Waals surface area contributed by atoms with Crippen LogP contribution in [0.25, 0.3) is 0 Å². The molecule has 0 spiro atoms. The molecule has 0 aliphatic rings. The standard InChI is InChI=1S/C17H24N2O2/c1-14(12-16-8-5-10-20-16)18-15-6-4-7-17(13-15)21-11-9-19(2)3/h4-8,10,13-14,18H,9,11-12H2,1-3H3. The van der Waals surface area contributed by atoms with Crippen LogP contribution in [-0.2, 0) is 6.42 Å². The summed E-state index contributed by atoms with van der Waals surface area (Å²) in [6, 6.07) is 12.3. The largest absolute Gasteiger partial charge is 0.492 e. The third kappa shape index (κ3) is 5.52. The third-order valence-corrected chi connectivity index (χ3v) is 3.14. The molecule has 0 aliphatic heterocycles. The monoisotopic (exact) mass is 288 g/mol. The number of rotatable bonds is 8. The van der Waals surface area contributed by atoms with E-state index in [1.807, 2.05) is 44.4 Å². The van der Waals surface area contributed by atoms with Crippen molar-refractivity contribution >= 4 is 5.69 Å². The smallest absolute Gasteiger partial charge is 0.121 e. The molecule has 1 aromatic carbocycles. The van der Waals surface area contributed by atoms with Crippen LogP contribution >= 0.6 is 0 Å². The molecule has 0 saturated heterocycles. The van der Waals surface area contributed by atoms with Crippen LogP contribution in [0.15, 0.2) is 47.1 Å². The fourth-order valence-corrected chi connectivity index (χ4v) is 2.09. The number of hydrogen-bond acceptors (Lipinski definition) is 4. The summed E-state index contributed by atoms with van der Waals surface area (Å²) in [7, 11) is 4.08. The highest BCUT2D eigenvalue weighted by Gasteiger charge is 2.06. The number of hydrogen-bond donors (Lipinski definition) is 1. The second-order valence-corrected chi connectivity index (χ2v) is 5.51. The summed E-state index contributed by atoms with van der Waals surface area (Å²) < 4.78 is 11.1. The predicted octanol–water partition coefficient (Wildman–Crippen LogP) is 3.26. The number of benzene rings is 1. The van der Waals surface area contributed by atoms with E-state index in [4.69, 9.17) is 9.15 Å². The first-order valence-electron chi connectivity index (χ1n) is 7.30. The molecule has 1 unspecified atom stereocenters. The Bertz CT molecular complexity index is 523. The lowest BCUT2D eigenvalue weighted by molar-refractivity contribution is 0.261. The summed E-state index contributed by atoms with van der Waals surface area (Å²) in [6.07, 6.45) is 2.57. The Kier molecular flexibility index (Phi) is 5.69. The zero-order chi connectivity index (χ0) is 15.1. The van der Waals surface area contributed by atoms with Gasteiger partial charge in [-0.25, -0.2) is 0 Å². The highest BCUT2D eigenvalue weighted by Crippen LogP contribution is 2.19. The Hall–Kier alpha value is -1.94. The van der Waals surface area contributed by atoms with Crippen LogP contribution in [0.1, 0.15) is 12.7 Å². The van der Waals surface area contributed by atoms with Gasteiger partial charge in [0.05, 0.1) is 6.26 Å². The lowest BCUT2D eigenvalue weighted by Gasteiger charge is -2.15. The molecule has 4 nitrogen and oxygen atoms in total. The van der Waals surface area contributed by atoms with E-state index in [0.29, 0.717) is 12.6 Å². The van der Waals surface area contributed by atoms with E-state index in [1.54, 1.807) is 6.26 Å². The van der Waals surface area contributed by atoms with Crippen LogP contribution < -0.4 is 10.1 Å². The van der Waals surface area contributed by atoms with Gasteiger partial charge in [-0.15, -0.1) is 0 Å². The molecule has 4 heteroatoms. The van der Waals surface area contributed by atoms with Crippen molar-refractivity contribution in [2.45, 2.75) is 19.4 Å². The summed E-state index contributed by atoms with van der Waals surface area (Å²) >= 11 is 0. The molecule has 2 rings (SSSR count). The van der Waals surface area contributed by atoms with Gasteiger partial charge in [-0.2, -0.15) is 0 Å². The van der Waals surface area contributed by atoms with E-state index < -0.39 is 0 Å². The molecule has 1 aromatic heterocycles. The maximum atomic E-state index is 5.74. The average molecular weight is 288 g/mol. The van der Waals surface area contributed by atoms with Gasteiger partial charge in [0.15, 0.2) is 0 Å². The summed E-state index contributed by atoms with van der Waals surface area (Å²) in [5.41, 5.74) is 1.07. The molecule has 1 heterocycles. The number of nitrogens with one attached hydrogen (secondary N) is 1. The predicted molar refractivity (Wildman–Crippen MR) is 86.0 cm³/mol. The van der Waals surface area contributed by atoms with Crippen molar-refractivity contribution in [3.05, 3.63) is 48.4 Å². The van der Waals surface area contributed by atoms with Gasteiger partial charge in [0.1, 0.15) is 18.1 Å². The normalized spacial score (nSPS) is 12.4. The van der Waals surface area contributed by atoms with Crippen LogP contribution in [0.4, 0.5) is 5.69 Å². The highest BCUT2D eigenvalue weighted by molar-refractivity contribution is 5.48. The highest BCUT2D eigenvalue weighted by atomic mass is 16.5. The zero-order valence-electron chi connectivity index (χ0n) is 13.0. The molecule has 0 saturated carbocycles. The Morgan fingerprint density at radius 3 is 2.81 bits per heavy atom. The van der Waals surface area contributed by atoms with Gasteiger partial charge in [-0.3, -0.25) is 0 Å². The van der Waals surface area contributed by atoms with E-state index in [1.165, 1.54) is 0 Å². The SMILES string of the molecule is CC(Cc1ccco1)Nc1cccc(OCCN(C)C)c1. The van der Waals surface area contributed by atoms with Crippen molar-refractivity contribution in [3.63, 3.8) is 0 Å². The Morgan fingerprint density at radius 2 is 2.10 bits per heavy atom. The van der Waals surface area contributed by atoms with Gasteiger partial charge in [0, 0.05) is 30.8 Å². The number of ether oxygens (including phenoxy) is 1. The van der Waals surface area contributed by atoms with Crippen molar-refractivity contribution in [3.8, 4) is 5.75 Å². The fraction of sp³-hybridized carbons (Fsp3) is 0.412. The van der Waals surface area contributed by atoms with E-state index in [0.717, 1.165) is 30.2 Å². The molecule has 1 N–H and O–H groups in total. The van der Waals surface area contributed by atoms with Crippen LogP contribution in [0.3, 0.4) is 0 Å². The van der Waals surface area contributed by atoms with Crippen molar-refractivity contribution in [2.24, 2.45) is 0 Å². The molecule has 114 valence electrons. The van der Waals surface area contributed by atoms with Gasteiger partial charge in [0.2, 0.25) is 0 Å². The molecule has 0 amide bonds. The van der Waals surface area contributed by atoms with Crippen molar-refractivity contribution in [2.75, 3.05) is 32.6 Å². The minimum absolute atomic E-state index is 0.299. The summed E-state index contributed by atoms with van der Waals surface area (Å²) in [5.74, 6) is 1.89. The molecule has 1 atom stereocenters. The number of furan rings is 1. The lowest BCUT2D eigenvalue weighted by atomic mass is 10.2. The Labute approximate surface area is 126 Å². The van der Waals surface area contributed by atoms with Gasteiger partial charge in [0.25, 0.3) is 0 Å². The lowest BCUT2D eigenvalue weighted by Crippen LogP contribution is -2.19. The van der Waals surface area contributed by atoms with E-state index in [2.05, 4.69) is 23.2 Å². The summed E-state index contributed by atoms with van der Waals surface area (Å²) in [6.45, 7) is 3.74. The van der Waals surface area contributed by atoms with E-state index in [9.17, 15) is 0 Å². The van der Waals surface area contributed by atoms with Crippen LogP contribution in [0, 0.1) is 0 Å². The topological polar surface area (TPSA) is 37.6 Å². The summed E-state index contributed by atoms with van der Waals surface area (Å²) in [5, 5.41) is 3.47.